The number of aryl methyl sites for hydroxylation is 2. The van der Waals surface area contributed by atoms with Crippen LogP contribution in [0, 0.1) is 6.92 Å². The van der Waals surface area contributed by atoms with Gasteiger partial charge in [-0.05, 0) is 26.5 Å². The van der Waals surface area contributed by atoms with Crippen LogP contribution >= 0.6 is 0 Å². The number of hydrogen-bond acceptors (Lipinski definition) is 3. The third kappa shape index (κ3) is 2.82. The van der Waals surface area contributed by atoms with E-state index in [-0.39, 0.29) is 0 Å². The van der Waals surface area contributed by atoms with Crippen LogP contribution in [0.2, 0.25) is 0 Å². The molecule has 1 aromatic rings. The molecule has 1 aromatic heterocycles. The Hall–Kier alpha value is -1.36. The molecule has 0 bridgehead atoms. The molecule has 1 N–H and O–H groups in total. The summed E-state index contributed by atoms with van der Waals surface area (Å²) >= 11 is 0. The van der Waals surface area contributed by atoms with Gasteiger partial charge in [0.2, 0.25) is 0 Å². The number of hydrogen-bond donors (Lipinski definition) is 1. The van der Waals surface area contributed by atoms with E-state index in [2.05, 4.69) is 5.10 Å². The fraction of sp³-hybridized carbons (Fsp3) is 0.636. The molecule has 1 atom stereocenters. The van der Waals surface area contributed by atoms with E-state index >= 15 is 0 Å². The Morgan fingerprint density at radius 1 is 1.69 bits per heavy atom. The van der Waals surface area contributed by atoms with E-state index in [1.54, 1.807) is 4.68 Å². The molecule has 1 heterocycles. The predicted octanol–water partition coefficient (Wildman–Crippen LogP) is 1.02. The average Bonchev–Trinajstić information content (AvgIpc) is 2.45. The lowest BCUT2D eigenvalue weighted by molar-refractivity contribution is -0.143. The summed E-state index contributed by atoms with van der Waals surface area (Å²) in [5, 5.41) is 13.3. The van der Waals surface area contributed by atoms with Gasteiger partial charge >= 0.3 is 5.97 Å². The number of aliphatic carboxylic acids is 1. The van der Waals surface area contributed by atoms with Crippen LogP contribution in [0.25, 0.3) is 0 Å². The van der Waals surface area contributed by atoms with E-state index in [9.17, 15) is 4.79 Å². The van der Waals surface area contributed by atoms with Gasteiger partial charge in [-0.15, -0.1) is 0 Å². The van der Waals surface area contributed by atoms with Gasteiger partial charge in [0.05, 0.1) is 11.4 Å². The summed E-state index contributed by atoms with van der Waals surface area (Å²) in [6.45, 7) is 4.41. The first-order valence-corrected chi connectivity index (χ1v) is 5.38. The van der Waals surface area contributed by atoms with Crippen molar-refractivity contribution in [3.63, 3.8) is 0 Å². The van der Waals surface area contributed by atoms with E-state index in [1.165, 1.54) is 0 Å². The van der Waals surface area contributed by atoms with Crippen LogP contribution in [0.15, 0.2) is 6.07 Å². The Labute approximate surface area is 95.7 Å². The summed E-state index contributed by atoms with van der Waals surface area (Å²) in [5.41, 5.74) is 1.98. The van der Waals surface area contributed by atoms with E-state index in [0.29, 0.717) is 13.0 Å². The van der Waals surface area contributed by atoms with Crippen molar-refractivity contribution in [2.75, 3.05) is 7.05 Å². The van der Waals surface area contributed by atoms with Gasteiger partial charge in [-0.2, -0.15) is 5.10 Å². The largest absolute Gasteiger partial charge is 0.480 e. The Bertz CT molecular complexity index is 373. The standard InChI is InChI=1S/C11H19N3O2/c1-5-10(11(15)16)13(3)7-9-6-8(2)12-14(9)4/h6,10H,5,7H2,1-4H3,(H,15,16). The van der Waals surface area contributed by atoms with Gasteiger partial charge < -0.3 is 5.11 Å². The summed E-state index contributed by atoms with van der Waals surface area (Å²) < 4.78 is 1.79. The monoisotopic (exact) mass is 225 g/mol. The van der Waals surface area contributed by atoms with Crippen molar-refractivity contribution in [2.45, 2.75) is 32.9 Å². The average molecular weight is 225 g/mol. The van der Waals surface area contributed by atoms with Crippen molar-refractivity contribution in [1.82, 2.24) is 14.7 Å². The zero-order valence-electron chi connectivity index (χ0n) is 10.3. The minimum Gasteiger partial charge on any atom is -0.480 e. The van der Waals surface area contributed by atoms with E-state index in [1.807, 2.05) is 38.9 Å². The van der Waals surface area contributed by atoms with Gasteiger partial charge in [0, 0.05) is 13.6 Å². The van der Waals surface area contributed by atoms with Crippen molar-refractivity contribution in [2.24, 2.45) is 7.05 Å². The maximum Gasteiger partial charge on any atom is 0.320 e. The maximum absolute atomic E-state index is 11.0. The first kappa shape index (κ1) is 12.7. The molecule has 0 spiro atoms. The van der Waals surface area contributed by atoms with E-state index in [0.717, 1.165) is 11.4 Å². The van der Waals surface area contributed by atoms with Crippen molar-refractivity contribution in [3.8, 4) is 0 Å². The van der Waals surface area contributed by atoms with Gasteiger partial charge in [0.25, 0.3) is 0 Å². The van der Waals surface area contributed by atoms with Crippen molar-refractivity contribution in [3.05, 3.63) is 17.5 Å². The molecule has 0 radical (unpaired) electrons. The van der Waals surface area contributed by atoms with E-state index in [4.69, 9.17) is 5.11 Å². The fourth-order valence-electron chi connectivity index (χ4n) is 1.85. The highest BCUT2D eigenvalue weighted by atomic mass is 16.4. The minimum absolute atomic E-state index is 0.435. The molecular formula is C11H19N3O2. The number of carboxylic acids is 1. The number of carbonyl (C=O) groups is 1. The van der Waals surface area contributed by atoms with Crippen molar-refractivity contribution in [1.29, 1.82) is 0 Å². The quantitative estimate of drug-likeness (QED) is 0.813. The smallest absolute Gasteiger partial charge is 0.320 e. The molecular weight excluding hydrogens is 206 g/mol. The van der Waals surface area contributed by atoms with Crippen molar-refractivity contribution >= 4 is 5.97 Å². The molecule has 1 unspecified atom stereocenters. The first-order valence-electron chi connectivity index (χ1n) is 5.38. The SMILES string of the molecule is CCC(C(=O)O)N(C)Cc1cc(C)nn1C. The molecule has 90 valence electrons. The molecule has 0 saturated heterocycles. The van der Waals surface area contributed by atoms with Crippen LogP contribution in [-0.2, 0) is 18.4 Å². The highest BCUT2D eigenvalue weighted by Crippen LogP contribution is 2.09. The second-order valence-corrected chi connectivity index (χ2v) is 4.08. The van der Waals surface area contributed by atoms with Gasteiger partial charge in [0.1, 0.15) is 6.04 Å². The highest BCUT2D eigenvalue weighted by Gasteiger charge is 2.21. The zero-order chi connectivity index (χ0) is 12.3. The normalized spacial score (nSPS) is 13.1. The van der Waals surface area contributed by atoms with Crippen LogP contribution in [0.4, 0.5) is 0 Å². The maximum atomic E-state index is 11.0. The predicted molar refractivity (Wildman–Crippen MR) is 61.1 cm³/mol. The minimum atomic E-state index is -0.774. The van der Waals surface area contributed by atoms with Crippen LogP contribution in [0.5, 0.6) is 0 Å². The third-order valence-corrected chi connectivity index (χ3v) is 2.71. The molecule has 0 fully saturated rings. The molecule has 0 aliphatic heterocycles. The fourth-order valence-corrected chi connectivity index (χ4v) is 1.85. The highest BCUT2D eigenvalue weighted by molar-refractivity contribution is 5.73. The van der Waals surface area contributed by atoms with Gasteiger partial charge in [-0.1, -0.05) is 6.92 Å². The van der Waals surface area contributed by atoms with E-state index < -0.39 is 12.0 Å². The summed E-state index contributed by atoms with van der Waals surface area (Å²) in [6.07, 6.45) is 0.600. The summed E-state index contributed by atoms with van der Waals surface area (Å²) in [6, 6.07) is 1.54. The molecule has 0 saturated carbocycles. The Balaban J connectivity index is 2.73. The molecule has 16 heavy (non-hydrogen) atoms. The second kappa shape index (κ2) is 5.12. The van der Waals surface area contributed by atoms with Crippen molar-refractivity contribution < 1.29 is 9.90 Å². The zero-order valence-corrected chi connectivity index (χ0v) is 10.3. The summed E-state index contributed by atoms with van der Waals surface area (Å²) in [7, 11) is 3.70. The van der Waals surface area contributed by atoms with Crippen LogP contribution in [0.3, 0.4) is 0 Å². The first-order chi connectivity index (χ1) is 7.45. The van der Waals surface area contributed by atoms with Crippen LogP contribution in [-0.4, -0.2) is 38.8 Å². The second-order valence-electron chi connectivity index (χ2n) is 4.08. The van der Waals surface area contributed by atoms with Gasteiger partial charge in [0.15, 0.2) is 0 Å². The molecule has 5 heteroatoms. The van der Waals surface area contributed by atoms with Gasteiger partial charge in [-0.25, -0.2) is 0 Å². The number of carboxylic acid groups (broad SMARTS) is 1. The lowest BCUT2D eigenvalue weighted by Gasteiger charge is -2.23. The number of rotatable bonds is 5. The molecule has 0 aliphatic rings. The van der Waals surface area contributed by atoms with Gasteiger partial charge in [-0.3, -0.25) is 14.4 Å². The Kier molecular flexibility index (Phi) is 4.06. The molecule has 0 aliphatic carbocycles. The molecule has 5 nitrogen and oxygen atoms in total. The number of nitrogens with zero attached hydrogens (tertiary/aromatic N) is 3. The third-order valence-electron chi connectivity index (χ3n) is 2.71. The number of aromatic nitrogens is 2. The Morgan fingerprint density at radius 2 is 2.31 bits per heavy atom. The van der Waals surface area contributed by atoms with Crippen LogP contribution in [0.1, 0.15) is 24.7 Å². The Morgan fingerprint density at radius 3 is 2.69 bits per heavy atom. The number of likely N-dealkylation sites (N-methyl/N-ethyl adjacent to an activating group) is 1. The lowest BCUT2D eigenvalue weighted by Crippen LogP contribution is -2.37. The molecule has 0 amide bonds. The molecule has 0 aromatic carbocycles. The van der Waals surface area contributed by atoms with Crippen LogP contribution < -0.4 is 0 Å². The topological polar surface area (TPSA) is 58.4 Å². The lowest BCUT2D eigenvalue weighted by atomic mass is 10.2. The summed E-state index contributed by atoms with van der Waals surface area (Å²) in [5.74, 6) is -0.774. The molecule has 1 rings (SSSR count). The summed E-state index contributed by atoms with van der Waals surface area (Å²) in [4.78, 5) is 12.8.